The fourth-order valence-electron chi connectivity index (χ4n) is 5.12. The number of nitrogens with zero attached hydrogens (tertiary/aromatic N) is 4. The average molecular weight is 457 g/mol. The van der Waals surface area contributed by atoms with Crippen LogP contribution in [0.1, 0.15) is 23.5 Å². The van der Waals surface area contributed by atoms with E-state index in [1.165, 1.54) is 16.7 Å². The molecule has 0 radical (unpaired) electrons. The van der Waals surface area contributed by atoms with Crippen molar-refractivity contribution >= 4 is 11.6 Å². The molecular formula is C27H25ClN4O. The number of rotatable bonds is 4. The summed E-state index contributed by atoms with van der Waals surface area (Å²) in [6, 6.07) is 25.2. The smallest absolute Gasteiger partial charge is 0.121 e. The molecule has 1 saturated heterocycles. The van der Waals surface area contributed by atoms with Gasteiger partial charge < -0.3 is 4.74 Å². The number of fused-ring (bicyclic) bond motifs is 5. The molecule has 0 amide bonds. The van der Waals surface area contributed by atoms with Gasteiger partial charge in [-0.3, -0.25) is 4.90 Å². The number of benzene rings is 3. The van der Waals surface area contributed by atoms with Crippen molar-refractivity contribution in [3.63, 3.8) is 0 Å². The highest BCUT2D eigenvalue weighted by Gasteiger charge is 2.31. The Morgan fingerprint density at radius 3 is 2.27 bits per heavy atom. The first-order valence-corrected chi connectivity index (χ1v) is 11.9. The Balaban J connectivity index is 1.50. The molecule has 1 unspecified atom stereocenters. The number of aromatic nitrogens is 3. The Morgan fingerprint density at radius 1 is 0.848 bits per heavy atom. The summed E-state index contributed by atoms with van der Waals surface area (Å²) in [4.78, 5) is 2.51. The molecule has 1 aliphatic carbocycles. The van der Waals surface area contributed by atoms with Crippen molar-refractivity contribution in [2.45, 2.75) is 12.3 Å². The van der Waals surface area contributed by atoms with E-state index in [1.54, 1.807) is 0 Å². The quantitative estimate of drug-likeness (QED) is 0.411. The summed E-state index contributed by atoms with van der Waals surface area (Å²) < 4.78 is 7.50. The van der Waals surface area contributed by atoms with Gasteiger partial charge in [0.25, 0.3) is 0 Å². The van der Waals surface area contributed by atoms with Crippen LogP contribution >= 0.6 is 11.6 Å². The van der Waals surface area contributed by atoms with Crippen molar-refractivity contribution in [3.8, 4) is 28.2 Å². The fourth-order valence-corrected chi connectivity index (χ4v) is 5.24. The van der Waals surface area contributed by atoms with Gasteiger partial charge in [-0.25, -0.2) is 4.68 Å². The Morgan fingerprint density at radius 2 is 1.52 bits per heavy atom. The van der Waals surface area contributed by atoms with E-state index in [9.17, 15) is 0 Å². The summed E-state index contributed by atoms with van der Waals surface area (Å²) in [6.07, 6.45) is 1.05. The van der Waals surface area contributed by atoms with Crippen LogP contribution in [0.2, 0.25) is 5.02 Å². The standard InChI is InChI=1S/C27H25ClN4O/c28-19-9-11-20(12-10-19)32-27-25-8-4-2-6-22(25)23(13-14-31-15-17-33-18-16-31)21-5-1-3-7-24(21)26(27)29-30-32/h1-12,23H,13-18H2. The van der Waals surface area contributed by atoms with Crippen LogP contribution in [0, 0.1) is 0 Å². The van der Waals surface area contributed by atoms with Crippen LogP contribution in [-0.2, 0) is 4.74 Å². The molecule has 0 N–H and O–H groups in total. The van der Waals surface area contributed by atoms with Crippen LogP contribution in [0.3, 0.4) is 0 Å². The first-order valence-electron chi connectivity index (χ1n) is 11.5. The predicted molar refractivity (Wildman–Crippen MR) is 131 cm³/mol. The number of halogens is 1. The maximum atomic E-state index is 6.15. The lowest BCUT2D eigenvalue weighted by Gasteiger charge is -2.29. The van der Waals surface area contributed by atoms with Gasteiger partial charge in [-0.2, -0.15) is 0 Å². The summed E-state index contributed by atoms with van der Waals surface area (Å²) in [7, 11) is 0. The maximum absolute atomic E-state index is 6.15. The highest BCUT2D eigenvalue weighted by atomic mass is 35.5. The van der Waals surface area contributed by atoms with Crippen LogP contribution < -0.4 is 0 Å². The van der Waals surface area contributed by atoms with Crippen molar-refractivity contribution < 1.29 is 4.74 Å². The van der Waals surface area contributed by atoms with Crippen LogP contribution in [0.4, 0.5) is 0 Å². The zero-order valence-corrected chi connectivity index (χ0v) is 19.1. The minimum Gasteiger partial charge on any atom is -0.379 e. The predicted octanol–water partition coefficient (Wildman–Crippen LogP) is 5.42. The Labute approximate surface area is 198 Å². The van der Waals surface area contributed by atoms with Gasteiger partial charge in [0.1, 0.15) is 11.4 Å². The molecule has 1 aromatic heterocycles. The molecule has 2 heterocycles. The maximum Gasteiger partial charge on any atom is 0.121 e. The van der Waals surface area contributed by atoms with Gasteiger partial charge in [-0.05, 0) is 48.4 Å². The van der Waals surface area contributed by atoms with Gasteiger partial charge in [0.2, 0.25) is 0 Å². The topological polar surface area (TPSA) is 43.2 Å². The normalized spacial score (nSPS) is 17.7. The van der Waals surface area contributed by atoms with Crippen molar-refractivity contribution in [2.75, 3.05) is 32.8 Å². The van der Waals surface area contributed by atoms with Gasteiger partial charge in [-0.15, -0.1) is 5.10 Å². The first kappa shape index (κ1) is 20.6. The highest BCUT2D eigenvalue weighted by molar-refractivity contribution is 6.30. The molecule has 0 saturated carbocycles. The largest absolute Gasteiger partial charge is 0.379 e. The van der Waals surface area contributed by atoms with E-state index >= 15 is 0 Å². The van der Waals surface area contributed by atoms with E-state index in [1.807, 2.05) is 28.9 Å². The SMILES string of the molecule is Clc1ccc(-n2nnc3c2-c2ccccc2C(CCN2CCOCC2)c2ccccc2-3)cc1. The third-order valence-electron chi connectivity index (χ3n) is 6.76. The lowest BCUT2D eigenvalue weighted by molar-refractivity contribution is 0.0370. The third kappa shape index (κ3) is 3.76. The van der Waals surface area contributed by atoms with E-state index in [-0.39, 0.29) is 5.92 Å². The summed E-state index contributed by atoms with van der Waals surface area (Å²) >= 11 is 6.15. The molecule has 0 spiro atoms. The minimum absolute atomic E-state index is 0.285. The molecule has 33 heavy (non-hydrogen) atoms. The first-order chi connectivity index (χ1) is 16.3. The molecule has 1 fully saturated rings. The van der Waals surface area contributed by atoms with Gasteiger partial charge in [0.05, 0.1) is 18.9 Å². The lowest BCUT2D eigenvalue weighted by atomic mass is 9.85. The number of hydrogen-bond acceptors (Lipinski definition) is 4. The van der Waals surface area contributed by atoms with E-state index in [0.717, 1.165) is 61.9 Å². The molecular weight excluding hydrogens is 432 g/mol. The van der Waals surface area contributed by atoms with Gasteiger partial charge in [0, 0.05) is 35.2 Å². The van der Waals surface area contributed by atoms with E-state index in [2.05, 4.69) is 58.6 Å². The monoisotopic (exact) mass is 456 g/mol. The molecule has 4 aromatic rings. The molecule has 3 aromatic carbocycles. The molecule has 0 bridgehead atoms. The van der Waals surface area contributed by atoms with Gasteiger partial charge >= 0.3 is 0 Å². The highest BCUT2D eigenvalue weighted by Crippen LogP contribution is 2.46. The summed E-state index contributed by atoms with van der Waals surface area (Å²) in [5, 5.41) is 9.98. The molecule has 5 nitrogen and oxygen atoms in total. The zero-order chi connectivity index (χ0) is 22.2. The molecule has 1 aliphatic heterocycles. The summed E-state index contributed by atoms with van der Waals surface area (Å²) in [5.41, 5.74) is 7.92. The Bertz CT molecular complexity index is 1280. The average Bonchev–Trinajstić information content (AvgIpc) is 3.26. The third-order valence-corrected chi connectivity index (χ3v) is 7.01. The number of hydrogen-bond donors (Lipinski definition) is 0. The second-order valence-corrected chi connectivity index (χ2v) is 9.08. The summed E-state index contributed by atoms with van der Waals surface area (Å²) in [6.45, 7) is 4.70. The van der Waals surface area contributed by atoms with Crippen LogP contribution in [0.15, 0.2) is 72.8 Å². The van der Waals surface area contributed by atoms with Crippen molar-refractivity contribution in [1.29, 1.82) is 0 Å². The Kier molecular flexibility index (Phi) is 5.46. The van der Waals surface area contributed by atoms with E-state index in [4.69, 9.17) is 21.4 Å². The lowest BCUT2D eigenvalue weighted by Crippen LogP contribution is -2.37. The fraction of sp³-hybridized carbons (Fsp3) is 0.259. The second-order valence-electron chi connectivity index (χ2n) is 8.64. The second kappa shape index (κ2) is 8.75. The van der Waals surface area contributed by atoms with Crippen LogP contribution in [0.25, 0.3) is 28.2 Å². The zero-order valence-electron chi connectivity index (χ0n) is 18.3. The van der Waals surface area contributed by atoms with Crippen LogP contribution in [0.5, 0.6) is 0 Å². The molecule has 2 aliphatic rings. The molecule has 166 valence electrons. The minimum atomic E-state index is 0.285. The van der Waals surface area contributed by atoms with Crippen molar-refractivity contribution in [2.24, 2.45) is 0 Å². The summed E-state index contributed by atoms with van der Waals surface area (Å²) in [5.74, 6) is 0.285. The van der Waals surface area contributed by atoms with Crippen LogP contribution in [-0.4, -0.2) is 52.7 Å². The number of ether oxygens (including phenoxy) is 1. The van der Waals surface area contributed by atoms with E-state index in [0.29, 0.717) is 5.02 Å². The van der Waals surface area contributed by atoms with E-state index < -0.39 is 0 Å². The van der Waals surface area contributed by atoms with Crippen molar-refractivity contribution in [1.82, 2.24) is 19.9 Å². The molecule has 6 heteroatoms. The molecule has 1 atom stereocenters. The Hall–Kier alpha value is -2.99. The van der Waals surface area contributed by atoms with Gasteiger partial charge in [0.15, 0.2) is 0 Å². The molecule has 6 rings (SSSR count). The van der Waals surface area contributed by atoms with Crippen molar-refractivity contribution in [3.05, 3.63) is 88.9 Å². The van der Waals surface area contributed by atoms with Gasteiger partial charge in [-0.1, -0.05) is 65.3 Å². The number of morpholine rings is 1.